The molecule has 3 nitrogen and oxygen atoms in total. The molecule has 0 saturated heterocycles. The van der Waals surface area contributed by atoms with Gasteiger partial charge in [-0.1, -0.05) is 0 Å². The van der Waals surface area contributed by atoms with Crippen LogP contribution < -0.4 is 9.47 Å². The molecular formula is C9H10BrFO3. The number of methoxy groups -OCH3 is 2. The van der Waals surface area contributed by atoms with Crippen molar-refractivity contribution in [2.75, 3.05) is 14.2 Å². The molecule has 14 heavy (non-hydrogen) atoms. The summed E-state index contributed by atoms with van der Waals surface area (Å²) in [6.07, 6.45) is 0. The van der Waals surface area contributed by atoms with Crippen LogP contribution in [0.15, 0.2) is 10.5 Å². The van der Waals surface area contributed by atoms with Crippen LogP contribution in [-0.2, 0) is 6.61 Å². The molecular weight excluding hydrogens is 255 g/mol. The molecule has 0 aliphatic carbocycles. The molecule has 78 valence electrons. The van der Waals surface area contributed by atoms with E-state index in [1.54, 1.807) is 0 Å². The maximum absolute atomic E-state index is 13.3. The van der Waals surface area contributed by atoms with Gasteiger partial charge in [0.2, 0.25) is 0 Å². The highest BCUT2D eigenvalue weighted by molar-refractivity contribution is 9.10. The zero-order chi connectivity index (χ0) is 10.7. The van der Waals surface area contributed by atoms with E-state index >= 15 is 0 Å². The Morgan fingerprint density at radius 1 is 1.36 bits per heavy atom. The standard InChI is InChI=1S/C9H10BrFO3/c1-13-8-5(4-12)7(11)3-6(10)9(8)14-2/h3,12H,4H2,1-2H3. The smallest absolute Gasteiger partial charge is 0.175 e. The van der Waals surface area contributed by atoms with Gasteiger partial charge in [-0.2, -0.15) is 0 Å². The quantitative estimate of drug-likeness (QED) is 0.909. The first-order chi connectivity index (χ1) is 6.65. The van der Waals surface area contributed by atoms with Crippen molar-refractivity contribution in [3.05, 3.63) is 21.9 Å². The first kappa shape index (κ1) is 11.3. The van der Waals surface area contributed by atoms with Crippen molar-refractivity contribution in [2.45, 2.75) is 6.61 Å². The van der Waals surface area contributed by atoms with Gasteiger partial charge in [-0.25, -0.2) is 4.39 Å². The van der Waals surface area contributed by atoms with Crippen molar-refractivity contribution >= 4 is 15.9 Å². The number of ether oxygens (including phenoxy) is 2. The van der Waals surface area contributed by atoms with Crippen LogP contribution in [0.2, 0.25) is 0 Å². The SMILES string of the molecule is COc1c(Br)cc(F)c(CO)c1OC. The lowest BCUT2D eigenvalue weighted by molar-refractivity contribution is 0.262. The average Bonchev–Trinajstić information content (AvgIpc) is 2.16. The third-order valence-electron chi connectivity index (χ3n) is 1.81. The van der Waals surface area contributed by atoms with Crippen molar-refractivity contribution in [1.82, 2.24) is 0 Å². The molecule has 0 unspecified atom stereocenters. The molecule has 0 radical (unpaired) electrons. The van der Waals surface area contributed by atoms with Gasteiger partial charge >= 0.3 is 0 Å². The van der Waals surface area contributed by atoms with Gasteiger partial charge in [0.15, 0.2) is 11.5 Å². The number of aliphatic hydroxyl groups excluding tert-OH is 1. The third kappa shape index (κ3) is 1.83. The molecule has 0 aromatic heterocycles. The zero-order valence-corrected chi connectivity index (χ0v) is 9.39. The van der Waals surface area contributed by atoms with Crippen molar-refractivity contribution in [3.63, 3.8) is 0 Å². The zero-order valence-electron chi connectivity index (χ0n) is 7.80. The highest BCUT2D eigenvalue weighted by atomic mass is 79.9. The molecule has 5 heteroatoms. The van der Waals surface area contributed by atoms with Gasteiger partial charge in [-0.3, -0.25) is 0 Å². The van der Waals surface area contributed by atoms with Crippen LogP contribution in [0.1, 0.15) is 5.56 Å². The molecule has 0 aliphatic heterocycles. The molecule has 1 N–H and O–H groups in total. The molecule has 1 aromatic rings. The number of halogens is 2. The molecule has 0 atom stereocenters. The molecule has 1 rings (SSSR count). The molecule has 0 saturated carbocycles. The van der Waals surface area contributed by atoms with E-state index in [-0.39, 0.29) is 11.3 Å². The fraction of sp³-hybridized carbons (Fsp3) is 0.333. The number of hydrogen-bond acceptors (Lipinski definition) is 3. The normalized spacial score (nSPS) is 10.1. The minimum absolute atomic E-state index is 0.0903. The number of benzene rings is 1. The van der Waals surface area contributed by atoms with Crippen LogP contribution in [0.5, 0.6) is 11.5 Å². The van der Waals surface area contributed by atoms with E-state index in [4.69, 9.17) is 14.6 Å². The van der Waals surface area contributed by atoms with E-state index in [1.165, 1.54) is 20.3 Å². The van der Waals surface area contributed by atoms with Gasteiger partial charge in [0.05, 0.1) is 30.9 Å². The van der Waals surface area contributed by atoms with Crippen LogP contribution in [-0.4, -0.2) is 19.3 Å². The summed E-state index contributed by atoms with van der Waals surface area (Å²) < 4.78 is 23.7. The summed E-state index contributed by atoms with van der Waals surface area (Å²) >= 11 is 3.14. The maximum Gasteiger partial charge on any atom is 0.175 e. The molecule has 0 amide bonds. The summed E-state index contributed by atoms with van der Waals surface area (Å²) in [4.78, 5) is 0. The summed E-state index contributed by atoms with van der Waals surface area (Å²) in [5.41, 5.74) is 0.0903. The minimum atomic E-state index is -0.531. The summed E-state index contributed by atoms with van der Waals surface area (Å²) in [5.74, 6) is 0.0526. The molecule has 0 aliphatic rings. The third-order valence-corrected chi connectivity index (χ3v) is 2.39. The number of hydrogen-bond donors (Lipinski definition) is 1. The van der Waals surface area contributed by atoms with E-state index in [2.05, 4.69) is 15.9 Å². The second kappa shape index (κ2) is 4.61. The Kier molecular flexibility index (Phi) is 3.71. The fourth-order valence-corrected chi connectivity index (χ4v) is 1.71. The fourth-order valence-electron chi connectivity index (χ4n) is 1.17. The van der Waals surface area contributed by atoms with Crippen molar-refractivity contribution < 1.29 is 19.0 Å². The lowest BCUT2D eigenvalue weighted by Gasteiger charge is -2.13. The first-order valence-electron chi connectivity index (χ1n) is 3.85. The van der Waals surface area contributed by atoms with E-state index in [0.717, 1.165) is 0 Å². The lowest BCUT2D eigenvalue weighted by Crippen LogP contribution is -2.00. The Balaban J connectivity index is 3.43. The lowest BCUT2D eigenvalue weighted by atomic mass is 10.2. The molecule has 1 aromatic carbocycles. The first-order valence-corrected chi connectivity index (χ1v) is 4.64. The van der Waals surface area contributed by atoms with E-state index in [9.17, 15) is 4.39 Å². The largest absolute Gasteiger partial charge is 0.492 e. The topological polar surface area (TPSA) is 38.7 Å². The second-order valence-corrected chi connectivity index (χ2v) is 3.40. The van der Waals surface area contributed by atoms with Crippen LogP contribution in [0.25, 0.3) is 0 Å². The van der Waals surface area contributed by atoms with Crippen LogP contribution >= 0.6 is 15.9 Å². The molecule has 0 bridgehead atoms. The highest BCUT2D eigenvalue weighted by Gasteiger charge is 2.17. The Hall–Kier alpha value is -0.810. The van der Waals surface area contributed by atoms with Gasteiger partial charge in [-0.05, 0) is 22.0 Å². The van der Waals surface area contributed by atoms with Gasteiger partial charge in [0.25, 0.3) is 0 Å². The Bertz CT molecular complexity index is 313. The summed E-state index contributed by atoms with van der Waals surface area (Å²) in [6.45, 7) is -0.432. The Labute approximate surface area is 89.6 Å². The van der Waals surface area contributed by atoms with E-state index in [0.29, 0.717) is 10.2 Å². The molecule has 0 heterocycles. The average molecular weight is 265 g/mol. The van der Waals surface area contributed by atoms with Crippen molar-refractivity contribution in [1.29, 1.82) is 0 Å². The van der Waals surface area contributed by atoms with E-state index < -0.39 is 12.4 Å². The summed E-state index contributed by atoms with van der Waals surface area (Å²) in [5, 5.41) is 8.95. The van der Waals surface area contributed by atoms with Gasteiger partial charge in [-0.15, -0.1) is 0 Å². The van der Waals surface area contributed by atoms with Gasteiger partial charge < -0.3 is 14.6 Å². The van der Waals surface area contributed by atoms with Crippen molar-refractivity contribution in [2.24, 2.45) is 0 Å². The Morgan fingerprint density at radius 2 is 1.93 bits per heavy atom. The second-order valence-electron chi connectivity index (χ2n) is 2.54. The predicted molar refractivity (Wildman–Crippen MR) is 53.1 cm³/mol. The maximum atomic E-state index is 13.3. The summed E-state index contributed by atoms with van der Waals surface area (Å²) in [7, 11) is 2.84. The monoisotopic (exact) mass is 264 g/mol. The Morgan fingerprint density at radius 3 is 2.36 bits per heavy atom. The van der Waals surface area contributed by atoms with Gasteiger partial charge in [0.1, 0.15) is 5.82 Å². The van der Waals surface area contributed by atoms with Crippen LogP contribution in [0.3, 0.4) is 0 Å². The highest BCUT2D eigenvalue weighted by Crippen LogP contribution is 2.39. The summed E-state index contributed by atoms with van der Waals surface area (Å²) in [6, 6.07) is 1.23. The van der Waals surface area contributed by atoms with E-state index in [1.807, 2.05) is 0 Å². The number of aliphatic hydroxyl groups is 1. The minimum Gasteiger partial charge on any atom is -0.492 e. The predicted octanol–water partition coefficient (Wildman–Crippen LogP) is 2.10. The number of rotatable bonds is 3. The van der Waals surface area contributed by atoms with Crippen LogP contribution in [0.4, 0.5) is 4.39 Å². The molecule has 0 spiro atoms. The van der Waals surface area contributed by atoms with Crippen LogP contribution in [0, 0.1) is 5.82 Å². The van der Waals surface area contributed by atoms with Gasteiger partial charge in [0, 0.05) is 0 Å². The van der Waals surface area contributed by atoms with Crippen molar-refractivity contribution in [3.8, 4) is 11.5 Å². The molecule has 0 fully saturated rings.